The number of nitrogens with one attached hydrogen (secondary N) is 1. The number of anilines is 1. The first-order chi connectivity index (χ1) is 15.8. The average Bonchev–Trinajstić information content (AvgIpc) is 2.77. The van der Waals surface area contributed by atoms with Gasteiger partial charge in [0.05, 0.1) is 11.9 Å². The van der Waals surface area contributed by atoms with Gasteiger partial charge in [0.15, 0.2) is 0 Å². The third-order valence-electron chi connectivity index (χ3n) is 6.08. The quantitative estimate of drug-likeness (QED) is 0.554. The van der Waals surface area contributed by atoms with Gasteiger partial charge in [-0.05, 0) is 69.4 Å². The molecule has 2 atom stereocenters. The lowest BCUT2D eigenvalue weighted by molar-refractivity contribution is -0.139. The van der Waals surface area contributed by atoms with Gasteiger partial charge in [-0.3, -0.25) is 13.9 Å². The summed E-state index contributed by atoms with van der Waals surface area (Å²) in [5.41, 5.74) is 3.99. The Hall–Kier alpha value is -2.87. The number of carbonyl (C=O) groups excluding carboxylic acids is 2. The van der Waals surface area contributed by atoms with E-state index < -0.39 is 28.5 Å². The van der Waals surface area contributed by atoms with Gasteiger partial charge in [0, 0.05) is 12.6 Å². The number of amides is 2. The molecule has 2 amide bonds. The summed E-state index contributed by atoms with van der Waals surface area (Å²) in [4.78, 5) is 28.0. The Kier molecular flexibility index (Phi) is 9.27. The summed E-state index contributed by atoms with van der Waals surface area (Å²) < 4.78 is 26.6. The Labute approximate surface area is 204 Å². The van der Waals surface area contributed by atoms with E-state index in [1.54, 1.807) is 13.0 Å². The molecule has 7 nitrogen and oxygen atoms in total. The SMILES string of the molecule is CC[C@@H](C)NC(=O)[C@H](C)N(Cc1ccccc1C)C(=O)CN(c1cc(C)ccc1C)S(C)(=O)=O. The lowest BCUT2D eigenvalue weighted by Crippen LogP contribution is -2.52. The van der Waals surface area contributed by atoms with Crippen LogP contribution in [0.3, 0.4) is 0 Å². The second-order valence-electron chi connectivity index (χ2n) is 9.00. The third-order valence-corrected chi connectivity index (χ3v) is 7.21. The smallest absolute Gasteiger partial charge is 0.244 e. The number of aryl methyl sites for hydroxylation is 3. The first-order valence-corrected chi connectivity index (χ1v) is 13.4. The van der Waals surface area contributed by atoms with Crippen LogP contribution in [0.2, 0.25) is 0 Å². The molecule has 0 saturated heterocycles. The molecule has 0 fully saturated rings. The standard InChI is InChI=1S/C26H37N3O4S/c1-8-21(5)27-26(31)22(6)28(16-23-12-10-9-11-19(23)3)25(30)17-29(34(7,32)33)24-15-18(2)13-14-20(24)4/h9-15,21-22H,8,16-17H2,1-7H3,(H,27,31)/t21-,22+/m1/s1. The molecule has 0 unspecified atom stereocenters. The lowest BCUT2D eigenvalue weighted by Gasteiger charge is -2.32. The summed E-state index contributed by atoms with van der Waals surface area (Å²) in [6.07, 6.45) is 1.85. The van der Waals surface area contributed by atoms with Crippen molar-refractivity contribution in [1.82, 2.24) is 10.2 Å². The Morgan fingerprint density at radius 3 is 2.24 bits per heavy atom. The van der Waals surface area contributed by atoms with E-state index in [9.17, 15) is 18.0 Å². The lowest BCUT2D eigenvalue weighted by atomic mass is 10.1. The van der Waals surface area contributed by atoms with Crippen molar-refractivity contribution in [3.05, 3.63) is 64.7 Å². The fourth-order valence-corrected chi connectivity index (χ4v) is 4.50. The highest BCUT2D eigenvalue weighted by Crippen LogP contribution is 2.25. The highest BCUT2D eigenvalue weighted by atomic mass is 32.2. The van der Waals surface area contributed by atoms with Gasteiger partial charge in [-0.1, -0.05) is 43.3 Å². The molecule has 0 saturated carbocycles. The van der Waals surface area contributed by atoms with Crippen LogP contribution in [0.15, 0.2) is 42.5 Å². The molecule has 34 heavy (non-hydrogen) atoms. The summed E-state index contributed by atoms with van der Waals surface area (Å²) in [7, 11) is -3.75. The van der Waals surface area contributed by atoms with Crippen molar-refractivity contribution in [2.45, 2.75) is 66.6 Å². The van der Waals surface area contributed by atoms with Crippen LogP contribution in [-0.4, -0.2) is 50.0 Å². The van der Waals surface area contributed by atoms with Crippen molar-refractivity contribution in [1.29, 1.82) is 0 Å². The number of sulfonamides is 1. The largest absolute Gasteiger partial charge is 0.352 e. The van der Waals surface area contributed by atoms with Gasteiger partial charge in [0.1, 0.15) is 12.6 Å². The van der Waals surface area contributed by atoms with Gasteiger partial charge in [0.25, 0.3) is 0 Å². The molecule has 8 heteroatoms. The van der Waals surface area contributed by atoms with Crippen molar-refractivity contribution >= 4 is 27.5 Å². The molecule has 0 aliphatic heterocycles. The Balaban J connectivity index is 2.45. The van der Waals surface area contributed by atoms with Crippen LogP contribution in [0.4, 0.5) is 5.69 Å². The zero-order chi connectivity index (χ0) is 25.6. The molecule has 0 aliphatic rings. The normalized spacial score (nSPS) is 13.1. The number of nitrogens with zero attached hydrogens (tertiary/aromatic N) is 2. The molecule has 0 spiro atoms. The van der Waals surface area contributed by atoms with Crippen LogP contribution < -0.4 is 9.62 Å². The minimum atomic E-state index is -3.75. The van der Waals surface area contributed by atoms with Gasteiger partial charge >= 0.3 is 0 Å². The molecule has 0 aromatic heterocycles. The molecular weight excluding hydrogens is 450 g/mol. The monoisotopic (exact) mass is 487 g/mol. The van der Waals surface area contributed by atoms with E-state index in [0.29, 0.717) is 5.69 Å². The maximum atomic E-state index is 13.6. The van der Waals surface area contributed by atoms with Gasteiger partial charge < -0.3 is 10.2 Å². The summed E-state index contributed by atoms with van der Waals surface area (Å²) in [5.74, 6) is -0.713. The molecule has 1 N–H and O–H groups in total. The predicted octanol–water partition coefficient (Wildman–Crippen LogP) is 3.71. The first-order valence-electron chi connectivity index (χ1n) is 11.5. The summed E-state index contributed by atoms with van der Waals surface area (Å²) in [6.45, 7) is 11.0. The Morgan fingerprint density at radius 1 is 1.00 bits per heavy atom. The van der Waals surface area contributed by atoms with E-state index in [1.807, 2.05) is 71.0 Å². The van der Waals surface area contributed by atoms with Crippen molar-refractivity contribution in [2.24, 2.45) is 0 Å². The van der Waals surface area contributed by atoms with Crippen LogP contribution in [0.5, 0.6) is 0 Å². The Bertz CT molecular complexity index is 1130. The van der Waals surface area contributed by atoms with E-state index in [0.717, 1.165) is 39.2 Å². The van der Waals surface area contributed by atoms with Gasteiger partial charge in [0.2, 0.25) is 21.8 Å². The molecule has 0 bridgehead atoms. The molecule has 2 aromatic rings. The molecule has 0 radical (unpaired) electrons. The van der Waals surface area contributed by atoms with E-state index in [-0.39, 0.29) is 18.5 Å². The second-order valence-corrected chi connectivity index (χ2v) is 10.9. The van der Waals surface area contributed by atoms with Gasteiger partial charge in [-0.15, -0.1) is 0 Å². The first kappa shape index (κ1) is 27.4. The number of benzene rings is 2. The van der Waals surface area contributed by atoms with Crippen LogP contribution in [-0.2, 0) is 26.2 Å². The van der Waals surface area contributed by atoms with Crippen molar-refractivity contribution in [2.75, 3.05) is 17.1 Å². The maximum Gasteiger partial charge on any atom is 0.244 e. The third kappa shape index (κ3) is 7.06. The molecule has 186 valence electrons. The van der Waals surface area contributed by atoms with Crippen LogP contribution >= 0.6 is 0 Å². The van der Waals surface area contributed by atoms with Crippen LogP contribution in [0, 0.1) is 20.8 Å². The molecule has 0 aliphatic carbocycles. The number of carbonyl (C=O) groups is 2. The highest BCUT2D eigenvalue weighted by Gasteiger charge is 2.31. The minimum absolute atomic E-state index is 0.0344. The fraction of sp³-hybridized carbons (Fsp3) is 0.462. The van der Waals surface area contributed by atoms with Gasteiger partial charge in [-0.25, -0.2) is 8.42 Å². The highest BCUT2D eigenvalue weighted by molar-refractivity contribution is 7.92. The molecular formula is C26H37N3O4S. The average molecular weight is 488 g/mol. The molecule has 0 heterocycles. The van der Waals surface area contributed by atoms with E-state index in [1.165, 1.54) is 4.90 Å². The molecule has 2 rings (SSSR count). The zero-order valence-electron chi connectivity index (χ0n) is 21.3. The predicted molar refractivity (Wildman–Crippen MR) is 137 cm³/mol. The van der Waals surface area contributed by atoms with E-state index in [4.69, 9.17) is 0 Å². The van der Waals surface area contributed by atoms with Crippen molar-refractivity contribution < 1.29 is 18.0 Å². The minimum Gasteiger partial charge on any atom is -0.352 e. The van der Waals surface area contributed by atoms with Gasteiger partial charge in [-0.2, -0.15) is 0 Å². The number of hydrogen-bond donors (Lipinski definition) is 1. The number of rotatable bonds is 10. The number of hydrogen-bond acceptors (Lipinski definition) is 4. The summed E-state index contributed by atoms with van der Waals surface area (Å²) in [5, 5.41) is 2.93. The molecule has 2 aromatic carbocycles. The maximum absolute atomic E-state index is 13.6. The van der Waals surface area contributed by atoms with Crippen LogP contribution in [0.25, 0.3) is 0 Å². The second kappa shape index (κ2) is 11.5. The summed E-state index contributed by atoms with van der Waals surface area (Å²) in [6, 6.07) is 12.3. The Morgan fingerprint density at radius 2 is 1.65 bits per heavy atom. The summed E-state index contributed by atoms with van der Waals surface area (Å²) >= 11 is 0. The van der Waals surface area contributed by atoms with E-state index in [2.05, 4.69) is 5.32 Å². The topological polar surface area (TPSA) is 86.8 Å². The van der Waals surface area contributed by atoms with Crippen LogP contribution in [0.1, 0.15) is 49.4 Å². The fourth-order valence-electron chi connectivity index (χ4n) is 3.60. The van der Waals surface area contributed by atoms with Crippen molar-refractivity contribution in [3.8, 4) is 0 Å². The van der Waals surface area contributed by atoms with E-state index >= 15 is 0 Å². The zero-order valence-corrected chi connectivity index (χ0v) is 22.1. The van der Waals surface area contributed by atoms with Crippen molar-refractivity contribution in [3.63, 3.8) is 0 Å².